The molecule has 0 bridgehead atoms. The van der Waals surface area contributed by atoms with Crippen molar-refractivity contribution in [2.24, 2.45) is 0 Å². The van der Waals surface area contributed by atoms with Crippen molar-refractivity contribution in [2.45, 2.75) is 81.5 Å². The highest BCUT2D eigenvalue weighted by Crippen LogP contribution is 2.66. The molecule has 0 heterocycles. The number of nitrogens with zero attached hydrogens (tertiary/aromatic N) is 1. The Balaban J connectivity index is 1.18. The zero-order valence-corrected chi connectivity index (χ0v) is 36.8. The highest BCUT2D eigenvalue weighted by atomic mass is 15.2. The van der Waals surface area contributed by atoms with Crippen molar-refractivity contribution < 1.29 is 0 Å². The van der Waals surface area contributed by atoms with Crippen LogP contribution in [0.25, 0.3) is 22.3 Å². The summed E-state index contributed by atoms with van der Waals surface area (Å²) in [6.45, 7) is 14.8. The van der Waals surface area contributed by atoms with E-state index < -0.39 is 5.41 Å². The molecule has 0 amide bonds. The van der Waals surface area contributed by atoms with Crippen LogP contribution in [0.2, 0.25) is 0 Å². The normalized spacial score (nSPS) is 19.6. The first-order valence-electron chi connectivity index (χ1n) is 22.6. The molecule has 0 N–H and O–H groups in total. The Kier molecular flexibility index (Phi) is 7.71. The van der Waals surface area contributed by atoms with Crippen molar-refractivity contribution >= 4 is 17.1 Å². The summed E-state index contributed by atoms with van der Waals surface area (Å²) < 4.78 is 0. The molecule has 12 rings (SSSR count). The molecule has 1 nitrogen and oxygen atoms in total. The molecule has 62 heavy (non-hydrogen) atoms. The molecule has 8 aromatic carbocycles. The van der Waals surface area contributed by atoms with Crippen LogP contribution in [0.1, 0.15) is 110 Å². The molecule has 0 fully saturated rings. The van der Waals surface area contributed by atoms with E-state index in [2.05, 4.69) is 234 Å². The van der Waals surface area contributed by atoms with E-state index in [4.69, 9.17) is 0 Å². The molecule has 8 aromatic rings. The van der Waals surface area contributed by atoms with Gasteiger partial charge >= 0.3 is 0 Å². The lowest BCUT2D eigenvalue weighted by atomic mass is 9.68. The first-order valence-corrected chi connectivity index (χ1v) is 22.6. The standard InChI is InChI=1S/C61H53N/c1-57(2)38-60(49-30-18-17-29-48(49)57)39-58(3,4)56-51(60)32-20-34-54(56)62(42-35-36-44-43-25-13-15-27-46(43)59(5,6)52(44)37-42)53-33-19-31-50-55(53)45-26-14-16-28-47(45)61(50,40-21-9-7-10-22-40)41-23-11-8-12-24-41/h7-37H,38-39H2,1-6H3. The third kappa shape index (κ3) is 4.80. The van der Waals surface area contributed by atoms with Gasteiger partial charge in [-0.1, -0.05) is 205 Å². The van der Waals surface area contributed by atoms with Crippen LogP contribution in [0.4, 0.5) is 17.1 Å². The van der Waals surface area contributed by atoms with Gasteiger partial charge in [-0.05, 0) is 120 Å². The quantitative estimate of drug-likeness (QED) is 0.168. The fourth-order valence-corrected chi connectivity index (χ4v) is 13.5. The second kappa shape index (κ2) is 12.8. The average molecular weight is 800 g/mol. The second-order valence-corrected chi connectivity index (χ2v) is 20.4. The van der Waals surface area contributed by atoms with Gasteiger partial charge in [-0.25, -0.2) is 0 Å². The molecule has 4 aliphatic carbocycles. The summed E-state index contributed by atoms with van der Waals surface area (Å²) in [7, 11) is 0. The molecule has 302 valence electrons. The molecular weight excluding hydrogens is 747 g/mol. The Morgan fingerprint density at radius 1 is 0.371 bits per heavy atom. The SMILES string of the molecule is CC1(C)CC2(CC(C)(C)c3c(N(c4ccc5c(c4)C(C)(C)c4ccccc4-5)c4cccc5c4-c4ccccc4C5(c4ccccc4)c4ccccc4)cccc32)c2ccccc21. The van der Waals surface area contributed by atoms with Crippen molar-refractivity contribution in [2.75, 3.05) is 4.90 Å². The molecule has 0 saturated heterocycles. The lowest BCUT2D eigenvalue weighted by Gasteiger charge is -2.35. The fraction of sp³-hybridized carbons (Fsp3) is 0.213. The molecule has 0 saturated carbocycles. The number of hydrogen-bond acceptors (Lipinski definition) is 1. The minimum Gasteiger partial charge on any atom is -0.310 e. The Hall–Kier alpha value is -6.44. The second-order valence-electron chi connectivity index (χ2n) is 20.4. The monoisotopic (exact) mass is 799 g/mol. The zero-order chi connectivity index (χ0) is 42.2. The molecule has 0 aliphatic heterocycles. The maximum atomic E-state index is 2.67. The van der Waals surface area contributed by atoms with Crippen LogP contribution in [-0.2, 0) is 27.1 Å². The predicted octanol–water partition coefficient (Wildman–Crippen LogP) is 15.5. The summed E-state index contributed by atoms with van der Waals surface area (Å²) in [6, 6.07) is 71.8. The number of rotatable bonds is 5. The summed E-state index contributed by atoms with van der Waals surface area (Å²) in [4.78, 5) is 2.67. The summed E-state index contributed by atoms with van der Waals surface area (Å²) in [5, 5.41) is 0. The van der Waals surface area contributed by atoms with E-state index >= 15 is 0 Å². The zero-order valence-electron chi connectivity index (χ0n) is 36.8. The maximum absolute atomic E-state index is 2.67. The van der Waals surface area contributed by atoms with Gasteiger partial charge in [0.15, 0.2) is 0 Å². The third-order valence-electron chi connectivity index (χ3n) is 15.7. The van der Waals surface area contributed by atoms with Gasteiger partial charge in [0.25, 0.3) is 0 Å². The molecule has 1 atom stereocenters. The Bertz CT molecular complexity index is 3070. The van der Waals surface area contributed by atoms with Crippen molar-refractivity contribution in [3.8, 4) is 22.3 Å². The molecule has 0 aromatic heterocycles. The number of fused-ring (bicyclic) bond motifs is 10. The third-order valence-corrected chi connectivity index (χ3v) is 15.7. The number of hydrogen-bond donors (Lipinski definition) is 0. The van der Waals surface area contributed by atoms with Gasteiger partial charge in [0.1, 0.15) is 0 Å². The van der Waals surface area contributed by atoms with Crippen LogP contribution in [0, 0.1) is 0 Å². The van der Waals surface area contributed by atoms with Crippen LogP contribution in [-0.4, -0.2) is 0 Å². The van der Waals surface area contributed by atoms with Gasteiger partial charge in [-0.3, -0.25) is 0 Å². The van der Waals surface area contributed by atoms with Crippen molar-refractivity contribution in [1.29, 1.82) is 0 Å². The van der Waals surface area contributed by atoms with Crippen LogP contribution in [0.5, 0.6) is 0 Å². The van der Waals surface area contributed by atoms with Gasteiger partial charge in [0.2, 0.25) is 0 Å². The molecule has 1 heteroatoms. The number of benzene rings is 8. The first kappa shape index (κ1) is 37.3. The van der Waals surface area contributed by atoms with Crippen LogP contribution < -0.4 is 4.90 Å². The van der Waals surface area contributed by atoms with E-state index in [0.717, 1.165) is 12.8 Å². The van der Waals surface area contributed by atoms with Crippen LogP contribution >= 0.6 is 0 Å². The topological polar surface area (TPSA) is 3.24 Å². The summed E-state index contributed by atoms with van der Waals surface area (Å²) in [5.74, 6) is 0. The first-order chi connectivity index (χ1) is 30.0. The molecule has 4 aliphatic rings. The number of anilines is 3. The largest absolute Gasteiger partial charge is 0.310 e. The van der Waals surface area contributed by atoms with Gasteiger partial charge < -0.3 is 4.90 Å². The van der Waals surface area contributed by atoms with Crippen molar-refractivity contribution in [3.63, 3.8) is 0 Å². The highest BCUT2D eigenvalue weighted by Gasteiger charge is 2.57. The van der Waals surface area contributed by atoms with E-state index in [1.165, 1.54) is 95.0 Å². The summed E-state index contributed by atoms with van der Waals surface area (Å²) in [6.07, 6.45) is 2.18. The minimum atomic E-state index is -0.501. The van der Waals surface area contributed by atoms with Crippen molar-refractivity contribution in [1.82, 2.24) is 0 Å². The average Bonchev–Trinajstić information content (AvgIpc) is 3.90. The van der Waals surface area contributed by atoms with E-state index in [0.29, 0.717) is 0 Å². The van der Waals surface area contributed by atoms with Crippen LogP contribution in [0.15, 0.2) is 188 Å². The minimum absolute atomic E-state index is 0.0663. The van der Waals surface area contributed by atoms with Gasteiger partial charge in [-0.15, -0.1) is 0 Å². The molecular formula is C61H53N. The van der Waals surface area contributed by atoms with Gasteiger partial charge in [0, 0.05) is 22.1 Å². The summed E-state index contributed by atoms with van der Waals surface area (Å²) >= 11 is 0. The smallest absolute Gasteiger partial charge is 0.0714 e. The van der Waals surface area contributed by atoms with E-state index in [-0.39, 0.29) is 21.7 Å². The lowest BCUT2D eigenvalue weighted by molar-refractivity contribution is 0.350. The van der Waals surface area contributed by atoms with E-state index in [1.807, 2.05) is 0 Å². The fourth-order valence-electron chi connectivity index (χ4n) is 13.5. The maximum Gasteiger partial charge on any atom is 0.0714 e. The van der Waals surface area contributed by atoms with E-state index in [1.54, 1.807) is 0 Å². The Morgan fingerprint density at radius 3 is 1.58 bits per heavy atom. The van der Waals surface area contributed by atoms with E-state index in [9.17, 15) is 0 Å². The highest BCUT2D eigenvalue weighted by molar-refractivity contribution is 5.99. The van der Waals surface area contributed by atoms with Crippen molar-refractivity contribution in [3.05, 3.63) is 244 Å². The molecule has 0 radical (unpaired) electrons. The van der Waals surface area contributed by atoms with Gasteiger partial charge in [-0.2, -0.15) is 0 Å². The lowest BCUT2D eigenvalue weighted by Crippen LogP contribution is -2.28. The van der Waals surface area contributed by atoms with Crippen LogP contribution in [0.3, 0.4) is 0 Å². The Morgan fingerprint density at radius 2 is 0.887 bits per heavy atom. The molecule has 1 unspecified atom stereocenters. The molecule has 1 spiro atoms. The predicted molar refractivity (Wildman–Crippen MR) is 259 cm³/mol. The summed E-state index contributed by atoms with van der Waals surface area (Å²) in [5.41, 5.74) is 22.2. The Labute approximate surface area is 367 Å². The van der Waals surface area contributed by atoms with Gasteiger partial charge in [0.05, 0.1) is 16.8 Å².